The topological polar surface area (TPSA) is 12.5 Å². The largest absolute Gasteiger partial charge is 0.496 e. The van der Waals surface area contributed by atoms with Gasteiger partial charge in [-0.1, -0.05) is 6.07 Å². The summed E-state index contributed by atoms with van der Waals surface area (Å²) >= 11 is 3.44. The van der Waals surface area contributed by atoms with Gasteiger partial charge in [0, 0.05) is 13.1 Å². The van der Waals surface area contributed by atoms with E-state index in [0.29, 0.717) is 19.5 Å². The van der Waals surface area contributed by atoms with E-state index in [-0.39, 0.29) is 0 Å². The maximum Gasteiger partial charge on any atom is 0.401 e. The number of hydrogen-bond acceptors (Lipinski definition) is 2. The second kappa shape index (κ2) is 5.09. The molecular weight excluding hydrogens is 311 g/mol. The van der Waals surface area contributed by atoms with Crippen LogP contribution >= 0.6 is 15.9 Å². The van der Waals surface area contributed by atoms with Gasteiger partial charge in [-0.05, 0) is 39.5 Å². The second-order valence-corrected chi connectivity index (χ2v) is 5.09. The van der Waals surface area contributed by atoms with Crippen molar-refractivity contribution in [3.63, 3.8) is 0 Å². The third kappa shape index (κ3) is 2.98. The summed E-state index contributed by atoms with van der Waals surface area (Å²) in [6, 6.07) is 3.61. The molecule has 1 aromatic rings. The van der Waals surface area contributed by atoms with Gasteiger partial charge in [-0.25, -0.2) is 0 Å². The summed E-state index contributed by atoms with van der Waals surface area (Å²) in [5.74, 6) is 0.720. The lowest BCUT2D eigenvalue weighted by Gasteiger charge is -2.30. The van der Waals surface area contributed by atoms with Gasteiger partial charge < -0.3 is 4.74 Å². The van der Waals surface area contributed by atoms with Crippen molar-refractivity contribution in [2.24, 2.45) is 0 Å². The minimum absolute atomic E-state index is 0.331. The molecule has 0 amide bonds. The Balaban J connectivity index is 2.18. The Morgan fingerprint density at radius 1 is 1.39 bits per heavy atom. The number of alkyl halides is 3. The van der Waals surface area contributed by atoms with Crippen LogP contribution in [0.15, 0.2) is 16.6 Å². The number of fused-ring (bicyclic) bond motifs is 1. The normalized spacial score (nSPS) is 16.5. The zero-order valence-electron chi connectivity index (χ0n) is 9.85. The Bertz CT molecular complexity index is 448. The predicted molar refractivity (Wildman–Crippen MR) is 65.7 cm³/mol. The standard InChI is InChI=1S/C12H13BrF3NO/c1-18-10-3-2-8-6-17(7-12(14,15)16)5-4-9(8)11(10)13/h2-3H,4-7H2,1H3. The van der Waals surface area contributed by atoms with Crippen molar-refractivity contribution in [1.29, 1.82) is 0 Å². The zero-order chi connectivity index (χ0) is 13.3. The molecule has 0 unspecified atom stereocenters. The number of hydrogen-bond donors (Lipinski definition) is 0. The van der Waals surface area contributed by atoms with Crippen molar-refractivity contribution in [1.82, 2.24) is 4.90 Å². The molecule has 18 heavy (non-hydrogen) atoms. The van der Waals surface area contributed by atoms with Gasteiger partial charge in [0.15, 0.2) is 0 Å². The van der Waals surface area contributed by atoms with Crippen molar-refractivity contribution >= 4 is 15.9 Å². The highest BCUT2D eigenvalue weighted by Crippen LogP contribution is 2.34. The first kappa shape index (κ1) is 13.7. The van der Waals surface area contributed by atoms with Gasteiger partial charge >= 0.3 is 6.18 Å². The number of ether oxygens (including phenoxy) is 1. The highest BCUT2D eigenvalue weighted by molar-refractivity contribution is 9.10. The summed E-state index contributed by atoms with van der Waals surface area (Å²) in [5, 5.41) is 0. The van der Waals surface area contributed by atoms with Gasteiger partial charge in [0.2, 0.25) is 0 Å². The first-order valence-electron chi connectivity index (χ1n) is 5.54. The Morgan fingerprint density at radius 2 is 2.11 bits per heavy atom. The monoisotopic (exact) mass is 323 g/mol. The van der Waals surface area contributed by atoms with Crippen LogP contribution in [0, 0.1) is 0 Å². The molecule has 0 aromatic heterocycles. The van der Waals surface area contributed by atoms with Crippen LogP contribution in [0.2, 0.25) is 0 Å². The quantitative estimate of drug-likeness (QED) is 0.827. The summed E-state index contributed by atoms with van der Waals surface area (Å²) in [4.78, 5) is 1.42. The van der Waals surface area contributed by atoms with Crippen molar-refractivity contribution in [2.45, 2.75) is 19.1 Å². The molecule has 0 radical (unpaired) electrons. The average molecular weight is 324 g/mol. The fraction of sp³-hybridized carbons (Fsp3) is 0.500. The van der Waals surface area contributed by atoms with Crippen molar-refractivity contribution in [3.8, 4) is 5.75 Å². The van der Waals surface area contributed by atoms with Crippen molar-refractivity contribution < 1.29 is 17.9 Å². The van der Waals surface area contributed by atoms with E-state index in [0.717, 1.165) is 21.3 Å². The number of nitrogens with zero attached hydrogens (tertiary/aromatic N) is 1. The van der Waals surface area contributed by atoms with E-state index in [4.69, 9.17) is 4.74 Å². The molecular formula is C12H13BrF3NO. The molecule has 100 valence electrons. The summed E-state index contributed by atoms with van der Waals surface area (Å²) in [6.45, 7) is -0.105. The number of rotatable bonds is 2. The minimum atomic E-state index is -4.14. The first-order chi connectivity index (χ1) is 8.40. The number of benzene rings is 1. The maximum absolute atomic E-state index is 12.3. The molecule has 0 aliphatic carbocycles. The molecule has 1 heterocycles. The summed E-state index contributed by atoms with van der Waals surface area (Å²) in [6.07, 6.45) is -3.54. The summed E-state index contributed by atoms with van der Waals surface area (Å²) in [7, 11) is 1.57. The fourth-order valence-electron chi connectivity index (χ4n) is 2.19. The Labute approximate surface area is 112 Å². The highest BCUT2D eigenvalue weighted by Gasteiger charge is 2.32. The van der Waals surface area contributed by atoms with E-state index in [1.165, 1.54) is 4.90 Å². The third-order valence-electron chi connectivity index (χ3n) is 3.00. The van der Waals surface area contributed by atoms with Crippen LogP contribution in [0.3, 0.4) is 0 Å². The van der Waals surface area contributed by atoms with Gasteiger partial charge in [-0.2, -0.15) is 13.2 Å². The van der Waals surface area contributed by atoms with E-state index in [1.54, 1.807) is 13.2 Å². The van der Waals surface area contributed by atoms with Crippen LogP contribution in [-0.4, -0.2) is 31.3 Å². The molecule has 0 fully saturated rings. The van der Waals surface area contributed by atoms with Crippen molar-refractivity contribution in [2.75, 3.05) is 20.2 Å². The average Bonchev–Trinajstić information content (AvgIpc) is 2.27. The zero-order valence-corrected chi connectivity index (χ0v) is 11.4. The number of halogens is 4. The van der Waals surface area contributed by atoms with Crippen LogP contribution < -0.4 is 4.74 Å². The summed E-state index contributed by atoms with van der Waals surface area (Å²) < 4.78 is 43.1. The minimum Gasteiger partial charge on any atom is -0.496 e. The second-order valence-electron chi connectivity index (χ2n) is 4.30. The highest BCUT2D eigenvalue weighted by atomic mass is 79.9. The summed E-state index contributed by atoms with van der Waals surface area (Å²) in [5.41, 5.74) is 1.98. The van der Waals surface area contributed by atoms with E-state index in [1.807, 2.05) is 6.07 Å². The predicted octanol–water partition coefficient (Wildman–Crippen LogP) is 3.38. The molecule has 2 nitrogen and oxygen atoms in total. The molecule has 0 saturated heterocycles. The van der Waals surface area contributed by atoms with Gasteiger partial charge in [-0.15, -0.1) is 0 Å². The van der Waals surface area contributed by atoms with Crippen molar-refractivity contribution in [3.05, 3.63) is 27.7 Å². The Kier molecular flexibility index (Phi) is 3.87. The maximum atomic E-state index is 12.3. The lowest BCUT2D eigenvalue weighted by Crippen LogP contribution is -2.38. The van der Waals surface area contributed by atoms with E-state index in [2.05, 4.69) is 15.9 Å². The van der Waals surface area contributed by atoms with Gasteiger partial charge in [0.25, 0.3) is 0 Å². The number of methoxy groups -OCH3 is 1. The Morgan fingerprint density at radius 3 is 2.72 bits per heavy atom. The lowest BCUT2D eigenvalue weighted by molar-refractivity contribution is -0.147. The molecule has 1 aliphatic heterocycles. The fourth-order valence-corrected chi connectivity index (χ4v) is 2.94. The smallest absolute Gasteiger partial charge is 0.401 e. The molecule has 1 aromatic carbocycles. The SMILES string of the molecule is COc1ccc2c(c1Br)CCN(CC(F)(F)F)C2. The molecule has 0 saturated carbocycles. The molecule has 1 aliphatic rings. The van der Waals surface area contributed by atoms with Crippen LogP contribution in [-0.2, 0) is 13.0 Å². The molecule has 0 bridgehead atoms. The molecule has 6 heteroatoms. The van der Waals surface area contributed by atoms with Crippen LogP contribution in [0.25, 0.3) is 0 Å². The van der Waals surface area contributed by atoms with Crippen LogP contribution in [0.5, 0.6) is 5.75 Å². The van der Waals surface area contributed by atoms with E-state index in [9.17, 15) is 13.2 Å². The first-order valence-corrected chi connectivity index (χ1v) is 6.33. The lowest BCUT2D eigenvalue weighted by atomic mass is 9.99. The van der Waals surface area contributed by atoms with Gasteiger partial charge in [0.1, 0.15) is 5.75 Å². The molecule has 0 N–H and O–H groups in total. The third-order valence-corrected chi connectivity index (χ3v) is 3.87. The van der Waals surface area contributed by atoms with E-state index < -0.39 is 12.7 Å². The van der Waals surface area contributed by atoms with Crippen LogP contribution in [0.4, 0.5) is 13.2 Å². The van der Waals surface area contributed by atoms with Gasteiger partial charge in [-0.3, -0.25) is 4.90 Å². The Hall–Kier alpha value is -0.750. The van der Waals surface area contributed by atoms with E-state index >= 15 is 0 Å². The van der Waals surface area contributed by atoms with Gasteiger partial charge in [0.05, 0.1) is 18.1 Å². The molecule has 0 spiro atoms. The van der Waals surface area contributed by atoms with Crippen LogP contribution in [0.1, 0.15) is 11.1 Å². The molecule has 2 rings (SSSR count). The molecule has 0 atom stereocenters.